The molecule has 0 aliphatic rings. The number of hydrogen-bond acceptors (Lipinski definition) is 4. The molecule has 0 radical (unpaired) electrons. The number of hydrogen-bond donors (Lipinski definition) is 3. The maximum absolute atomic E-state index is 13.4. The van der Waals surface area contributed by atoms with Crippen LogP contribution >= 0.6 is 0 Å². The quantitative estimate of drug-likeness (QED) is 0.533. The summed E-state index contributed by atoms with van der Waals surface area (Å²) < 4.78 is 0. The molecule has 3 N–H and O–H groups in total. The molecule has 7 nitrogen and oxygen atoms in total. The molecule has 0 fully saturated rings. The molecule has 0 rings (SSSR count). The van der Waals surface area contributed by atoms with Crippen LogP contribution < -0.4 is 10.6 Å². The van der Waals surface area contributed by atoms with E-state index < -0.39 is 29.5 Å². The van der Waals surface area contributed by atoms with Crippen LogP contribution in [-0.4, -0.2) is 60.0 Å². The summed E-state index contributed by atoms with van der Waals surface area (Å²) in [6, 6.07) is -1.61. The van der Waals surface area contributed by atoms with Crippen molar-refractivity contribution in [2.75, 3.05) is 14.1 Å². The molecule has 3 atom stereocenters. The molecule has 0 saturated heterocycles. The molecule has 0 spiro atoms. The smallest absolute Gasteiger partial charge is 0.331 e. The van der Waals surface area contributed by atoms with E-state index in [9.17, 15) is 19.5 Å². The van der Waals surface area contributed by atoms with Crippen molar-refractivity contribution >= 4 is 17.8 Å². The number of carbonyl (C=O) groups excluding carboxylic acids is 2. The third-order valence-electron chi connectivity index (χ3n) is 5.05. The summed E-state index contributed by atoms with van der Waals surface area (Å²) in [7, 11) is 3.38. The highest BCUT2D eigenvalue weighted by Gasteiger charge is 2.39. The Balaban J connectivity index is 5.89. The van der Waals surface area contributed by atoms with Crippen LogP contribution in [0.1, 0.15) is 62.3 Å². The van der Waals surface area contributed by atoms with E-state index in [1.54, 1.807) is 25.1 Å². The summed E-state index contributed by atoms with van der Waals surface area (Å²) >= 11 is 0. The van der Waals surface area contributed by atoms with Gasteiger partial charge in [-0.3, -0.25) is 9.59 Å². The van der Waals surface area contributed by atoms with Gasteiger partial charge in [-0.15, -0.1) is 0 Å². The molecule has 2 amide bonds. The lowest BCUT2D eigenvalue weighted by atomic mass is 9.83. The second kappa shape index (κ2) is 10.2. The highest BCUT2D eigenvalue weighted by atomic mass is 16.4. The zero-order valence-corrected chi connectivity index (χ0v) is 20.0. The second-order valence-electron chi connectivity index (χ2n) is 10.2. The van der Waals surface area contributed by atoms with E-state index in [2.05, 4.69) is 10.6 Å². The fourth-order valence-corrected chi connectivity index (χ4v) is 3.26. The van der Waals surface area contributed by atoms with Crippen LogP contribution in [0, 0.1) is 16.7 Å². The summed E-state index contributed by atoms with van der Waals surface area (Å²) in [5, 5.41) is 15.2. The molecule has 0 aromatic carbocycles. The lowest BCUT2D eigenvalue weighted by Gasteiger charge is -2.39. The van der Waals surface area contributed by atoms with Gasteiger partial charge in [-0.05, 0) is 30.7 Å². The van der Waals surface area contributed by atoms with E-state index in [0.717, 1.165) is 0 Å². The molecule has 29 heavy (non-hydrogen) atoms. The fraction of sp³-hybridized carbons (Fsp3) is 0.773. The van der Waals surface area contributed by atoms with Gasteiger partial charge >= 0.3 is 5.97 Å². The van der Waals surface area contributed by atoms with Gasteiger partial charge in [0.1, 0.15) is 6.04 Å². The van der Waals surface area contributed by atoms with E-state index in [-0.39, 0.29) is 28.7 Å². The SMILES string of the molecule is CN[C@H](C(=O)N[C@H](C(=O)N(C)C(C=C(C)C(=O)O)C(C)C)C(C)(C)C)C(C)(C)C. The molecule has 0 aliphatic carbocycles. The molecule has 0 aliphatic heterocycles. The van der Waals surface area contributed by atoms with Crippen molar-refractivity contribution in [3.63, 3.8) is 0 Å². The number of amides is 2. The second-order valence-corrected chi connectivity index (χ2v) is 10.2. The van der Waals surface area contributed by atoms with Gasteiger partial charge in [0, 0.05) is 12.6 Å². The first-order valence-corrected chi connectivity index (χ1v) is 10.1. The predicted molar refractivity (Wildman–Crippen MR) is 116 cm³/mol. The normalized spacial score (nSPS) is 16.2. The minimum absolute atomic E-state index is 0.00852. The number of likely N-dealkylation sites (N-methyl/N-ethyl adjacent to an activating group) is 2. The highest BCUT2D eigenvalue weighted by Crippen LogP contribution is 2.25. The van der Waals surface area contributed by atoms with Crippen molar-refractivity contribution in [2.45, 2.75) is 80.4 Å². The standard InChI is InChI=1S/C22H41N3O4/c1-13(2)15(12-14(3)20(28)29)25(11)19(27)17(22(7,8)9)24-18(26)16(23-10)21(4,5)6/h12-13,15-17,23H,1-11H3,(H,24,26)(H,28,29)/t15?,16-,17-/m1/s1. The zero-order chi connectivity index (χ0) is 23.3. The Morgan fingerprint density at radius 2 is 1.41 bits per heavy atom. The molecule has 7 heteroatoms. The first-order valence-electron chi connectivity index (χ1n) is 10.1. The third-order valence-corrected chi connectivity index (χ3v) is 5.05. The van der Waals surface area contributed by atoms with Crippen molar-refractivity contribution in [3.05, 3.63) is 11.6 Å². The fourth-order valence-electron chi connectivity index (χ4n) is 3.26. The van der Waals surface area contributed by atoms with E-state index in [1.807, 2.05) is 55.4 Å². The van der Waals surface area contributed by atoms with Gasteiger partial charge in [0.2, 0.25) is 11.8 Å². The van der Waals surface area contributed by atoms with Crippen molar-refractivity contribution in [1.29, 1.82) is 0 Å². The monoisotopic (exact) mass is 411 g/mol. The molecule has 168 valence electrons. The predicted octanol–water partition coefficient (Wildman–Crippen LogP) is 2.67. The van der Waals surface area contributed by atoms with Gasteiger partial charge in [-0.2, -0.15) is 0 Å². The van der Waals surface area contributed by atoms with Crippen LogP contribution in [0.5, 0.6) is 0 Å². The first kappa shape index (κ1) is 27.1. The number of nitrogens with one attached hydrogen (secondary N) is 2. The Hall–Kier alpha value is -1.89. The number of nitrogens with zero attached hydrogens (tertiary/aromatic N) is 1. The number of carboxylic acid groups (broad SMARTS) is 1. The van der Waals surface area contributed by atoms with Crippen LogP contribution in [0.2, 0.25) is 0 Å². The number of aliphatic carboxylic acids is 1. The Kier molecular flexibility index (Phi) is 9.57. The lowest BCUT2D eigenvalue weighted by Crippen LogP contribution is -2.60. The van der Waals surface area contributed by atoms with Gasteiger partial charge in [-0.1, -0.05) is 61.5 Å². The van der Waals surface area contributed by atoms with E-state index in [4.69, 9.17) is 0 Å². The van der Waals surface area contributed by atoms with E-state index in [0.29, 0.717) is 0 Å². The van der Waals surface area contributed by atoms with Crippen molar-refractivity contribution in [3.8, 4) is 0 Å². The minimum Gasteiger partial charge on any atom is -0.478 e. The summed E-state index contributed by atoms with van der Waals surface area (Å²) in [5.41, 5.74) is -0.662. The van der Waals surface area contributed by atoms with Gasteiger partial charge in [0.05, 0.1) is 12.1 Å². The maximum Gasteiger partial charge on any atom is 0.331 e. The maximum atomic E-state index is 13.4. The molecule has 0 aromatic heterocycles. The Morgan fingerprint density at radius 3 is 1.72 bits per heavy atom. The number of carbonyl (C=O) groups is 3. The Bertz CT molecular complexity index is 627. The molecular formula is C22H41N3O4. The third kappa shape index (κ3) is 7.80. The Morgan fingerprint density at radius 1 is 0.966 bits per heavy atom. The summed E-state index contributed by atoms with van der Waals surface area (Å²) in [5.74, 6) is -1.49. The van der Waals surface area contributed by atoms with Gasteiger partial charge in [0.15, 0.2) is 0 Å². The van der Waals surface area contributed by atoms with Crippen LogP contribution in [0.25, 0.3) is 0 Å². The summed E-state index contributed by atoms with van der Waals surface area (Å²) in [6.45, 7) is 17.0. The molecular weight excluding hydrogens is 370 g/mol. The van der Waals surface area contributed by atoms with Gasteiger partial charge in [0.25, 0.3) is 0 Å². The molecule has 0 saturated carbocycles. The van der Waals surface area contributed by atoms with Crippen LogP contribution in [0.4, 0.5) is 0 Å². The van der Waals surface area contributed by atoms with Crippen molar-refractivity contribution < 1.29 is 19.5 Å². The molecule has 1 unspecified atom stereocenters. The van der Waals surface area contributed by atoms with Gasteiger partial charge < -0.3 is 20.6 Å². The zero-order valence-electron chi connectivity index (χ0n) is 20.0. The van der Waals surface area contributed by atoms with Crippen LogP contribution in [0.3, 0.4) is 0 Å². The Labute approximate surface area is 176 Å². The minimum atomic E-state index is -1.01. The van der Waals surface area contributed by atoms with Crippen LogP contribution in [0.15, 0.2) is 11.6 Å². The first-order chi connectivity index (χ1) is 12.9. The van der Waals surface area contributed by atoms with E-state index >= 15 is 0 Å². The average Bonchev–Trinajstić information content (AvgIpc) is 2.53. The lowest BCUT2D eigenvalue weighted by molar-refractivity contribution is -0.141. The molecule has 0 aromatic rings. The topological polar surface area (TPSA) is 98.7 Å². The van der Waals surface area contributed by atoms with Crippen molar-refractivity contribution in [2.24, 2.45) is 16.7 Å². The molecule has 0 bridgehead atoms. The van der Waals surface area contributed by atoms with E-state index in [1.165, 1.54) is 6.92 Å². The largest absolute Gasteiger partial charge is 0.478 e. The summed E-state index contributed by atoms with van der Waals surface area (Å²) in [4.78, 5) is 39.1. The average molecular weight is 412 g/mol. The number of carboxylic acids is 1. The van der Waals surface area contributed by atoms with Gasteiger partial charge in [-0.25, -0.2) is 4.79 Å². The highest BCUT2D eigenvalue weighted by molar-refractivity contribution is 5.91. The summed E-state index contributed by atoms with van der Waals surface area (Å²) in [6.07, 6.45) is 1.60. The molecule has 0 heterocycles. The van der Waals surface area contributed by atoms with Crippen molar-refractivity contribution in [1.82, 2.24) is 15.5 Å². The number of rotatable bonds is 8. The van der Waals surface area contributed by atoms with Crippen LogP contribution in [-0.2, 0) is 14.4 Å².